The van der Waals surface area contributed by atoms with Crippen molar-refractivity contribution < 1.29 is 9.53 Å². The molecule has 0 spiro atoms. The molecule has 2 unspecified atom stereocenters. The molecule has 1 heterocycles. The van der Waals surface area contributed by atoms with E-state index in [-0.39, 0.29) is 6.09 Å². The summed E-state index contributed by atoms with van der Waals surface area (Å²) in [5.74, 6) is 0.461. The number of hydrogen-bond donors (Lipinski definition) is 2. The Morgan fingerprint density at radius 2 is 2.23 bits per heavy atom. The van der Waals surface area contributed by atoms with Gasteiger partial charge in [-0.05, 0) is 45.6 Å². The van der Waals surface area contributed by atoms with Crippen molar-refractivity contribution in [1.82, 2.24) is 10.6 Å². The predicted octanol–water partition coefficient (Wildman–Crippen LogP) is 4.18. The lowest BCUT2D eigenvalue weighted by atomic mass is 10.0. The summed E-state index contributed by atoms with van der Waals surface area (Å²) in [4.78, 5) is 13.0. The van der Waals surface area contributed by atoms with Gasteiger partial charge in [-0.1, -0.05) is 18.0 Å². The van der Waals surface area contributed by atoms with Crippen LogP contribution in [0.5, 0.6) is 0 Å². The number of amides is 1. The van der Waals surface area contributed by atoms with Crippen LogP contribution in [0.2, 0.25) is 5.02 Å². The minimum atomic E-state index is -0.449. The van der Waals surface area contributed by atoms with Gasteiger partial charge in [0.05, 0.1) is 5.02 Å². The smallest absolute Gasteiger partial charge is 0.407 e. The van der Waals surface area contributed by atoms with Gasteiger partial charge >= 0.3 is 6.09 Å². The van der Waals surface area contributed by atoms with Gasteiger partial charge in [0, 0.05) is 29.4 Å². The maximum Gasteiger partial charge on any atom is 0.407 e. The van der Waals surface area contributed by atoms with Gasteiger partial charge in [0.1, 0.15) is 5.60 Å². The molecule has 0 radical (unpaired) electrons. The van der Waals surface area contributed by atoms with Crippen LogP contribution in [0.1, 0.15) is 44.9 Å². The number of carbonyl (C=O) groups is 1. The van der Waals surface area contributed by atoms with E-state index in [1.165, 1.54) is 11.3 Å². The Morgan fingerprint density at radius 3 is 2.86 bits per heavy atom. The van der Waals surface area contributed by atoms with Crippen molar-refractivity contribution in [2.75, 3.05) is 6.54 Å². The van der Waals surface area contributed by atoms with E-state index in [2.05, 4.69) is 10.6 Å². The molecule has 124 valence electrons. The zero-order chi connectivity index (χ0) is 16.2. The summed E-state index contributed by atoms with van der Waals surface area (Å²) in [6.07, 6.45) is 3.16. The number of hydrogen-bond acceptors (Lipinski definition) is 4. The molecule has 1 amide bonds. The zero-order valence-electron chi connectivity index (χ0n) is 13.4. The molecule has 2 N–H and O–H groups in total. The Labute approximate surface area is 141 Å². The molecule has 0 saturated heterocycles. The highest BCUT2D eigenvalue weighted by molar-refractivity contribution is 7.10. The Hall–Kier alpha value is -0.780. The lowest BCUT2D eigenvalue weighted by molar-refractivity contribution is 0.0517. The van der Waals surface area contributed by atoms with E-state index < -0.39 is 5.60 Å². The molecule has 1 aromatic heterocycles. The molecule has 0 aromatic carbocycles. The number of rotatable bonds is 5. The Bertz CT molecular complexity index is 499. The van der Waals surface area contributed by atoms with Gasteiger partial charge < -0.3 is 15.4 Å². The molecule has 2 rings (SSSR count). The molecule has 1 fully saturated rings. The Morgan fingerprint density at radius 1 is 1.45 bits per heavy atom. The second-order valence-corrected chi connectivity index (χ2v) is 8.22. The number of nitrogens with one attached hydrogen (secondary N) is 2. The number of halogens is 1. The molecule has 2 atom stereocenters. The van der Waals surface area contributed by atoms with E-state index in [9.17, 15) is 4.79 Å². The van der Waals surface area contributed by atoms with Crippen LogP contribution >= 0.6 is 22.9 Å². The third-order valence-corrected chi connectivity index (χ3v) is 5.01. The second kappa shape index (κ2) is 7.66. The molecule has 1 aromatic rings. The molecule has 0 bridgehead atoms. The van der Waals surface area contributed by atoms with Crippen LogP contribution in [0.3, 0.4) is 0 Å². The van der Waals surface area contributed by atoms with Gasteiger partial charge in [-0.2, -0.15) is 0 Å². The Balaban J connectivity index is 1.74. The van der Waals surface area contributed by atoms with Crippen molar-refractivity contribution in [3.05, 3.63) is 21.3 Å². The van der Waals surface area contributed by atoms with Crippen molar-refractivity contribution >= 4 is 29.0 Å². The number of carbonyl (C=O) groups excluding carboxylic acids is 1. The highest BCUT2D eigenvalue weighted by Gasteiger charge is 2.27. The average molecular weight is 345 g/mol. The van der Waals surface area contributed by atoms with Crippen molar-refractivity contribution in [1.29, 1.82) is 0 Å². The van der Waals surface area contributed by atoms with Gasteiger partial charge in [-0.25, -0.2) is 4.79 Å². The summed E-state index contributed by atoms with van der Waals surface area (Å²) in [5.41, 5.74) is -0.449. The molecular formula is C16H25ClN2O2S. The van der Waals surface area contributed by atoms with Crippen LogP contribution in [0.4, 0.5) is 4.79 Å². The Kier molecular flexibility index (Phi) is 6.12. The van der Waals surface area contributed by atoms with E-state index in [0.29, 0.717) is 18.5 Å². The first kappa shape index (κ1) is 17.6. The summed E-state index contributed by atoms with van der Waals surface area (Å²) >= 11 is 7.62. The summed E-state index contributed by atoms with van der Waals surface area (Å²) in [7, 11) is 0. The highest BCUT2D eigenvalue weighted by atomic mass is 35.5. The van der Waals surface area contributed by atoms with Gasteiger partial charge in [0.2, 0.25) is 0 Å². The largest absolute Gasteiger partial charge is 0.444 e. The molecular weight excluding hydrogens is 320 g/mol. The summed E-state index contributed by atoms with van der Waals surface area (Å²) < 4.78 is 5.28. The molecule has 1 aliphatic rings. The molecule has 0 aliphatic heterocycles. The second-order valence-electron chi connectivity index (χ2n) is 6.79. The molecule has 6 heteroatoms. The van der Waals surface area contributed by atoms with Crippen LogP contribution in [-0.2, 0) is 11.3 Å². The lowest BCUT2D eigenvalue weighted by Crippen LogP contribution is -2.40. The van der Waals surface area contributed by atoms with Crippen LogP contribution in [0.25, 0.3) is 0 Å². The maximum absolute atomic E-state index is 11.7. The quantitative estimate of drug-likeness (QED) is 0.842. The van der Waals surface area contributed by atoms with Gasteiger partial charge in [0.15, 0.2) is 0 Å². The minimum Gasteiger partial charge on any atom is -0.444 e. The minimum absolute atomic E-state index is 0.330. The summed E-state index contributed by atoms with van der Waals surface area (Å²) in [6, 6.07) is 2.44. The fourth-order valence-corrected chi connectivity index (χ4v) is 3.78. The van der Waals surface area contributed by atoms with E-state index in [0.717, 1.165) is 24.4 Å². The normalized spacial score (nSPS) is 21.8. The highest BCUT2D eigenvalue weighted by Crippen LogP contribution is 2.26. The summed E-state index contributed by atoms with van der Waals surface area (Å²) in [5, 5.41) is 9.24. The van der Waals surface area contributed by atoms with E-state index in [4.69, 9.17) is 16.3 Å². The van der Waals surface area contributed by atoms with Crippen molar-refractivity contribution in [3.63, 3.8) is 0 Å². The maximum atomic E-state index is 11.7. The van der Waals surface area contributed by atoms with Crippen LogP contribution in [0, 0.1) is 5.92 Å². The van der Waals surface area contributed by atoms with Crippen molar-refractivity contribution in [3.8, 4) is 0 Å². The lowest BCUT2D eigenvalue weighted by Gasteiger charge is -2.23. The van der Waals surface area contributed by atoms with Crippen LogP contribution in [0.15, 0.2) is 11.4 Å². The van der Waals surface area contributed by atoms with Crippen molar-refractivity contribution in [2.45, 2.75) is 58.2 Å². The van der Waals surface area contributed by atoms with E-state index in [1.807, 2.05) is 32.2 Å². The molecule has 1 saturated carbocycles. The summed E-state index contributed by atoms with van der Waals surface area (Å²) in [6.45, 7) is 7.12. The third-order valence-electron chi connectivity index (χ3n) is 3.73. The van der Waals surface area contributed by atoms with Crippen molar-refractivity contribution in [2.24, 2.45) is 5.92 Å². The first-order chi connectivity index (χ1) is 10.3. The molecule has 1 aliphatic carbocycles. The predicted molar refractivity (Wildman–Crippen MR) is 91.5 cm³/mol. The number of alkyl carbamates (subject to hydrolysis) is 1. The van der Waals surface area contributed by atoms with Gasteiger partial charge in [-0.3, -0.25) is 0 Å². The molecule has 22 heavy (non-hydrogen) atoms. The number of thiophene rings is 1. The number of ether oxygens (including phenoxy) is 1. The van der Waals surface area contributed by atoms with Crippen LogP contribution < -0.4 is 10.6 Å². The third kappa shape index (κ3) is 5.78. The molecule has 4 nitrogen and oxygen atoms in total. The van der Waals surface area contributed by atoms with Gasteiger partial charge in [0.25, 0.3) is 0 Å². The fourth-order valence-electron chi connectivity index (χ4n) is 2.76. The monoisotopic (exact) mass is 344 g/mol. The SMILES string of the molecule is CC(C)(C)OC(=O)NCC1CCCC1NCc1cc(Cl)cs1. The van der Waals surface area contributed by atoms with Gasteiger partial charge in [-0.15, -0.1) is 11.3 Å². The van der Waals surface area contributed by atoms with Crippen LogP contribution in [-0.4, -0.2) is 24.3 Å². The fraction of sp³-hybridized carbons (Fsp3) is 0.688. The topological polar surface area (TPSA) is 50.4 Å². The zero-order valence-corrected chi connectivity index (χ0v) is 15.0. The standard InChI is InChI=1S/C16H25ClN2O2S/c1-16(2,3)21-15(20)19-8-11-5-4-6-14(11)18-9-13-7-12(17)10-22-13/h7,10-11,14,18H,4-6,8-9H2,1-3H3,(H,19,20). The first-order valence-electron chi connectivity index (χ1n) is 7.76. The van der Waals surface area contributed by atoms with E-state index in [1.54, 1.807) is 11.3 Å². The average Bonchev–Trinajstić information content (AvgIpc) is 3.00. The van der Waals surface area contributed by atoms with E-state index >= 15 is 0 Å². The first-order valence-corrected chi connectivity index (χ1v) is 9.02.